The van der Waals surface area contributed by atoms with E-state index < -0.39 is 0 Å². The molecule has 0 bridgehead atoms. The minimum atomic E-state index is 0.0910. The molecule has 1 fully saturated rings. The third-order valence-corrected chi connectivity index (χ3v) is 4.91. The SMILES string of the molecule is COc1ccc(C(C)=O)cc1CN1CCN(c2ccccc2C)CC1. The Morgan fingerprint density at radius 3 is 2.44 bits per heavy atom. The van der Waals surface area contributed by atoms with Crippen LogP contribution in [0.3, 0.4) is 0 Å². The van der Waals surface area contributed by atoms with Gasteiger partial charge in [-0.15, -0.1) is 0 Å². The van der Waals surface area contributed by atoms with Crippen molar-refractivity contribution in [2.75, 3.05) is 38.2 Å². The van der Waals surface area contributed by atoms with E-state index >= 15 is 0 Å². The van der Waals surface area contributed by atoms with Crippen LogP contribution in [0.25, 0.3) is 0 Å². The number of aryl methyl sites for hydroxylation is 1. The van der Waals surface area contributed by atoms with E-state index in [1.807, 2.05) is 18.2 Å². The molecular weight excluding hydrogens is 312 g/mol. The first-order valence-corrected chi connectivity index (χ1v) is 8.79. The molecule has 0 saturated carbocycles. The third kappa shape index (κ3) is 4.02. The van der Waals surface area contributed by atoms with Crippen molar-refractivity contribution >= 4 is 11.5 Å². The summed E-state index contributed by atoms with van der Waals surface area (Å²) in [6, 6.07) is 14.3. The largest absolute Gasteiger partial charge is 0.496 e. The Balaban J connectivity index is 1.67. The molecule has 4 heteroatoms. The first-order chi connectivity index (χ1) is 12.1. The summed E-state index contributed by atoms with van der Waals surface area (Å²) < 4.78 is 5.48. The molecule has 0 N–H and O–H groups in total. The van der Waals surface area contributed by atoms with Gasteiger partial charge < -0.3 is 9.64 Å². The van der Waals surface area contributed by atoms with Crippen LogP contribution in [0.5, 0.6) is 5.75 Å². The second-order valence-electron chi connectivity index (χ2n) is 6.63. The highest BCUT2D eigenvalue weighted by atomic mass is 16.5. The zero-order valence-electron chi connectivity index (χ0n) is 15.3. The summed E-state index contributed by atoms with van der Waals surface area (Å²) in [6.07, 6.45) is 0. The van der Waals surface area contributed by atoms with Gasteiger partial charge >= 0.3 is 0 Å². The lowest BCUT2D eigenvalue weighted by Crippen LogP contribution is -2.46. The van der Waals surface area contributed by atoms with Crippen molar-refractivity contribution in [3.8, 4) is 5.75 Å². The van der Waals surface area contributed by atoms with Crippen molar-refractivity contribution < 1.29 is 9.53 Å². The van der Waals surface area contributed by atoms with Crippen molar-refractivity contribution in [1.82, 2.24) is 4.90 Å². The van der Waals surface area contributed by atoms with Crippen molar-refractivity contribution in [3.63, 3.8) is 0 Å². The van der Waals surface area contributed by atoms with E-state index in [-0.39, 0.29) is 5.78 Å². The average Bonchev–Trinajstić information content (AvgIpc) is 2.63. The van der Waals surface area contributed by atoms with Crippen LogP contribution in [0.15, 0.2) is 42.5 Å². The first-order valence-electron chi connectivity index (χ1n) is 8.79. The van der Waals surface area contributed by atoms with E-state index in [0.717, 1.165) is 49.6 Å². The Morgan fingerprint density at radius 1 is 1.08 bits per heavy atom. The van der Waals surface area contributed by atoms with Gasteiger partial charge in [-0.3, -0.25) is 9.69 Å². The van der Waals surface area contributed by atoms with E-state index in [1.54, 1.807) is 14.0 Å². The number of piperazine rings is 1. The van der Waals surface area contributed by atoms with E-state index in [4.69, 9.17) is 4.74 Å². The molecule has 132 valence electrons. The number of benzene rings is 2. The number of ether oxygens (including phenoxy) is 1. The van der Waals surface area contributed by atoms with Gasteiger partial charge in [-0.2, -0.15) is 0 Å². The van der Waals surface area contributed by atoms with Crippen LogP contribution in [0.2, 0.25) is 0 Å². The van der Waals surface area contributed by atoms with Gasteiger partial charge in [0.05, 0.1) is 7.11 Å². The van der Waals surface area contributed by atoms with E-state index in [9.17, 15) is 4.79 Å². The second-order valence-corrected chi connectivity index (χ2v) is 6.63. The predicted molar refractivity (Wildman–Crippen MR) is 102 cm³/mol. The first kappa shape index (κ1) is 17.5. The summed E-state index contributed by atoms with van der Waals surface area (Å²) in [4.78, 5) is 16.5. The summed E-state index contributed by atoms with van der Waals surface area (Å²) in [7, 11) is 1.68. The average molecular weight is 338 g/mol. The lowest BCUT2D eigenvalue weighted by atomic mass is 10.1. The predicted octanol–water partition coefficient (Wildman–Crippen LogP) is 3.53. The number of carbonyl (C=O) groups is 1. The minimum Gasteiger partial charge on any atom is -0.496 e. The molecule has 4 nitrogen and oxygen atoms in total. The summed E-state index contributed by atoms with van der Waals surface area (Å²) >= 11 is 0. The molecule has 2 aromatic carbocycles. The number of hydrogen-bond donors (Lipinski definition) is 0. The molecule has 1 heterocycles. The molecule has 25 heavy (non-hydrogen) atoms. The third-order valence-electron chi connectivity index (χ3n) is 4.91. The molecule has 0 radical (unpaired) electrons. The van der Waals surface area contributed by atoms with Crippen LogP contribution >= 0.6 is 0 Å². The van der Waals surface area contributed by atoms with E-state index in [2.05, 4.69) is 41.0 Å². The van der Waals surface area contributed by atoms with Crippen molar-refractivity contribution in [2.45, 2.75) is 20.4 Å². The number of ketones is 1. The summed E-state index contributed by atoms with van der Waals surface area (Å²) in [6.45, 7) is 8.61. The lowest BCUT2D eigenvalue weighted by Gasteiger charge is -2.37. The fourth-order valence-electron chi connectivity index (χ4n) is 3.43. The van der Waals surface area contributed by atoms with Crippen LogP contribution in [0.1, 0.15) is 28.4 Å². The molecule has 2 aromatic rings. The number of methoxy groups -OCH3 is 1. The van der Waals surface area contributed by atoms with Crippen LogP contribution in [-0.2, 0) is 6.54 Å². The molecule has 3 rings (SSSR count). The van der Waals surface area contributed by atoms with Crippen molar-refractivity contribution in [1.29, 1.82) is 0 Å². The van der Waals surface area contributed by atoms with Gasteiger partial charge in [-0.05, 0) is 43.7 Å². The van der Waals surface area contributed by atoms with Crippen molar-refractivity contribution in [3.05, 3.63) is 59.2 Å². The van der Waals surface area contributed by atoms with Gasteiger partial charge in [-0.25, -0.2) is 0 Å². The Kier molecular flexibility index (Phi) is 5.39. The fraction of sp³-hybridized carbons (Fsp3) is 0.381. The number of rotatable bonds is 5. The quantitative estimate of drug-likeness (QED) is 0.781. The molecule has 0 aliphatic carbocycles. The molecule has 0 spiro atoms. The summed E-state index contributed by atoms with van der Waals surface area (Å²) in [5.41, 5.74) is 4.49. The Labute approximate surface area is 150 Å². The van der Waals surface area contributed by atoms with E-state index in [0.29, 0.717) is 0 Å². The summed E-state index contributed by atoms with van der Waals surface area (Å²) in [5, 5.41) is 0. The molecule has 0 atom stereocenters. The summed E-state index contributed by atoms with van der Waals surface area (Å²) in [5.74, 6) is 0.944. The highest BCUT2D eigenvalue weighted by Crippen LogP contribution is 2.24. The van der Waals surface area contributed by atoms with Crippen LogP contribution in [-0.4, -0.2) is 44.0 Å². The monoisotopic (exact) mass is 338 g/mol. The van der Waals surface area contributed by atoms with E-state index in [1.165, 1.54) is 11.3 Å². The maximum atomic E-state index is 11.7. The number of nitrogens with zero attached hydrogens (tertiary/aromatic N) is 2. The number of para-hydroxylation sites is 1. The standard InChI is InChI=1S/C21H26N2O2/c1-16-6-4-5-7-20(16)23-12-10-22(11-13-23)15-19-14-18(17(2)24)8-9-21(19)25-3/h4-9,14H,10-13,15H2,1-3H3. The fourth-order valence-corrected chi connectivity index (χ4v) is 3.43. The van der Waals surface area contributed by atoms with Crippen LogP contribution in [0.4, 0.5) is 5.69 Å². The molecule has 0 amide bonds. The molecular formula is C21H26N2O2. The minimum absolute atomic E-state index is 0.0910. The second kappa shape index (κ2) is 7.70. The maximum absolute atomic E-state index is 11.7. The van der Waals surface area contributed by atoms with Gasteiger partial charge in [0.25, 0.3) is 0 Å². The molecule has 1 aliphatic rings. The lowest BCUT2D eigenvalue weighted by molar-refractivity contribution is 0.101. The van der Waals surface area contributed by atoms with Crippen LogP contribution in [0, 0.1) is 6.92 Å². The van der Waals surface area contributed by atoms with Crippen molar-refractivity contribution in [2.24, 2.45) is 0 Å². The Morgan fingerprint density at radius 2 is 1.80 bits per heavy atom. The maximum Gasteiger partial charge on any atom is 0.159 e. The zero-order chi connectivity index (χ0) is 17.8. The van der Waals surface area contributed by atoms with Gasteiger partial charge in [0, 0.05) is 49.5 Å². The normalized spacial score (nSPS) is 15.2. The van der Waals surface area contributed by atoms with Gasteiger partial charge in [-0.1, -0.05) is 18.2 Å². The molecule has 0 unspecified atom stereocenters. The number of Topliss-reactive ketones (excluding diaryl/α,β-unsaturated/α-hetero) is 1. The zero-order valence-corrected chi connectivity index (χ0v) is 15.3. The van der Waals surface area contributed by atoms with Gasteiger partial charge in [0.1, 0.15) is 5.75 Å². The van der Waals surface area contributed by atoms with Crippen LogP contribution < -0.4 is 9.64 Å². The number of carbonyl (C=O) groups excluding carboxylic acids is 1. The van der Waals surface area contributed by atoms with Gasteiger partial charge in [0.2, 0.25) is 0 Å². The molecule has 1 aliphatic heterocycles. The highest BCUT2D eigenvalue weighted by molar-refractivity contribution is 5.94. The number of hydrogen-bond acceptors (Lipinski definition) is 4. The van der Waals surface area contributed by atoms with Gasteiger partial charge in [0.15, 0.2) is 5.78 Å². The smallest absolute Gasteiger partial charge is 0.159 e. The Hall–Kier alpha value is -2.33. The molecule has 1 saturated heterocycles. The molecule has 0 aromatic heterocycles. The number of anilines is 1. The highest BCUT2D eigenvalue weighted by Gasteiger charge is 2.19. The Bertz CT molecular complexity index is 749. The topological polar surface area (TPSA) is 32.8 Å².